The van der Waals surface area contributed by atoms with E-state index in [4.69, 9.17) is 9.26 Å². The third-order valence-corrected chi connectivity index (χ3v) is 4.44. The van der Waals surface area contributed by atoms with Crippen LogP contribution >= 0.6 is 11.3 Å². The minimum absolute atomic E-state index is 0.271. The molecule has 6 nitrogen and oxygen atoms in total. The molecule has 0 aromatic carbocycles. The number of thiazole rings is 1. The van der Waals surface area contributed by atoms with Gasteiger partial charge in [-0.2, -0.15) is 0 Å². The van der Waals surface area contributed by atoms with Crippen molar-refractivity contribution >= 4 is 22.4 Å². The van der Waals surface area contributed by atoms with Crippen LogP contribution in [0.2, 0.25) is 0 Å². The molecule has 1 aliphatic carbocycles. The summed E-state index contributed by atoms with van der Waals surface area (Å²) in [6.07, 6.45) is 3.04. The van der Waals surface area contributed by atoms with E-state index in [9.17, 15) is 4.79 Å². The van der Waals surface area contributed by atoms with E-state index in [2.05, 4.69) is 15.5 Å². The average Bonchev–Trinajstić information content (AvgIpc) is 3.03. The second-order valence-electron chi connectivity index (χ2n) is 5.03. The van der Waals surface area contributed by atoms with E-state index in [-0.39, 0.29) is 5.91 Å². The van der Waals surface area contributed by atoms with Crippen LogP contribution in [0.25, 0.3) is 0 Å². The topological polar surface area (TPSA) is 77.2 Å². The number of carbonyl (C=O) groups excluding carboxylic acids is 1. The number of anilines is 1. The van der Waals surface area contributed by atoms with Crippen molar-refractivity contribution in [1.82, 2.24) is 10.1 Å². The van der Waals surface area contributed by atoms with Crippen molar-refractivity contribution in [3.8, 4) is 0 Å². The molecule has 0 atom stereocenters. The second kappa shape index (κ2) is 4.68. The molecule has 3 heterocycles. The van der Waals surface area contributed by atoms with Crippen LogP contribution in [-0.4, -0.2) is 22.7 Å². The van der Waals surface area contributed by atoms with Gasteiger partial charge in [-0.25, -0.2) is 4.98 Å². The fourth-order valence-electron chi connectivity index (χ4n) is 2.20. The average molecular weight is 291 g/mol. The van der Waals surface area contributed by atoms with Gasteiger partial charge in [0, 0.05) is 18.4 Å². The summed E-state index contributed by atoms with van der Waals surface area (Å²) in [7, 11) is 0. The predicted molar refractivity (Wildman–Crippen MR) is 71.9 cm³/mol. The SMILES string of the molecule is O=C(Nc1nc2c(s1)COCC2)c1cc(C2CC2)on1. The highest BCUT2D eigenvalue weighted by Gasteiger charge is 2.29. The van der Waals surface area contributed by atoms with Crippen LogP contribution in [0.3, 0.4) is 0 Å². The normalized spacial score (nSPS) is 17.8. The molecule has 0 spiro atoms. The molecule has 0 radical (unpaired) electrons. The largest absolute Gasteiger partial charge is 0.375 e. The van der Waals surface area contributed by atoms with Crippen LogP contribution in [-0.2, 0) is 17.8 Å². The summed E-state index contributed by atoms with van der Waals surface area (Å²) >= 11 is 1.46. The molecular formula is C13H13N3O3S. The van der Waals surface area contributed by atoms with Gasteiger partial charge in [0.05, 0.1) is 23.8 Å². The lowest BCUT2D eigenvalue weighted by atomic mass is 10.2. The first kappa shape index (κ1) is 12.0. The second-order valence-corrected chi connectivity index (χ2v) is 6.12. The molecule has 1 amide bonds. The smallest absolute Gasteiger partial charge is 0.279 e. The van der Waals surface area contributed by atoms with Gasteiger partial charge in [-0.1, -0.05) is 16.5 Å². The molecular weight excluding hydrogens is 278 g/mol. The maximum atomic E-state index is 12.1. The van der Waals surface area contributed by atoms with Crippen molar-refractivity contribution in [1.29, 1.82) is 0 Å². The number of rotatable bonds is 3. The molecule has 2 aromatic heterocycles. The van der Waals surface area contributed by atoms with Crippen LogP contribution < -0.4 is 5.32 Å². The van der Waals surface area contributed by atoms with Crippen LogP contribution in [0.5, 0.6) is 0 Å². The molecule has 20 heavy (non-hydrogen) atoms. The van der Waals surface area contributed by atoms with E-state index in [0.29, 0.717) is 30.0 Å². The third kappa shape index (κ3) is 2.23. The Kier molecular flexibility index (Phi) is 2.82. The maximum Gasteiger partial charge on any atom is 0.279 e. The number of amides is 1. The van der Waals surface area contributed by atoms with Gasteiger partial charge in [0.15, 0.2) is 10.8 Å². The summed E-state index contributed by atoms with van der Waals surface area (Å²) in [5.41, 5.74) is 1.34. The maximum absolute atomic E-state index is 12.1. The summed E-state index contributed by atoms with van der Waals surface area (Å²) in [6, 6.07) is 1.73. The van der Waals surface area contributed by atoms with Crippen molar-refractivity contribution in [2.75, 3.05) is 11.9 Å². The van der Waals surface area contributed by atoms with Crippen molar-refractivity contribution in [2.45, 2.75) is 31.8 Å². The highest BCUT2D eigenvalue weighted by Crippen LogP contribution is 2.40. The number of aromatic nitrogens is 2. The van der Waals surface area contributed by atoms with Crippen molar-refractivity contribution in [3.05, 3.63) is 28.1 Å². The number of nitrogens with one attached hydrogen (secondary N) is 1. The number of fused-ring (bicyclic) bond motifs is 1. The van der Waals surface area contributed by atoms with Crippen LogP contribution in [0.1, 0.15) is 45.6 Å². The number of carbonyl (C=O) groups is 1. The van der Waals surface area contributed by atoms with Gasteiger partial charge in [-0.15, -0.1) is 0 Å². The Balaban J connectivity index is 1.49. The standard InChI is InChI=1S/C13H13N3O3S/c17-12(9-5-10(19-16-9)7-1-2-7)15-13-14-8-3-4-18-6-11(8)20-13/h5,7H,1-4,6H2,(H,14,15,17). The third-order valence-electron chi connectivity index (χ3n) is 3.46. The number of hydrogen-bond acceptors (Lipinski definition) is 6. The zero-order valence-electron chi connectivity index (χ0n) is 10.7. The molecule has 7 heteroatoms. The van der Waals surface area contributed by atoms with Gasteiger partial charge in [-0.05, 0) is 12.8 Å². The Hall–Kier alpha value is -1.73. The Morgan fingerprint density at radius 2 is 2.35 bits per heavy atom. The Labute approximate surface area is 119 Å². The van der Waals surface area contributed by atoms with Crippen LogP contribution in [0.4, 0.5) is 5.13 Å². The fraction of sp³-hybridized carbons (Fsp3) is 0.462. The molecule has 1 aliphatic heterocycles. The van der Waals surface area contributed by atoms with E-state index >= 15 is 0 Å². The first-order chi connectivity index (χ1) is 9.79. The lowest BCUT2D eigenvalue weighted by molar-refractivity contribution is 0.101. The number of nitrogens with zero attached hydrogens (tertiary/aromatic N) is 2. The summed E-state index contributed by atoms with van der Waals surface area (Å²) in [5, 5.41) is 7.20. The van der Waals surface area contributed by atoms with E-state index in [1.807, 2.05) is 0 Å². The van der Waals surface area contributed by atoms with Gasteiger partial charge >= 0.3 is 0 Å². The minimum Gasteiger partial charge on any atom is -0.375 e. The van der Waals surface area contributed by atoms with Gasteiger partial charge < -0.3 is 9.26 Å². The highest BCUT2D eigenvalue weighted by atomic mass is 32.1. The highest BCUT2D eigenvalue weighted by molar-refractivity contribution is 7.15. The molecule has 1 fully saturated rings. The van der Waals surface area contributed by atoms with Crippen molar-refractivity contribution in [3.63, 3.8) is 0 Å². The van der Waals surface area contributed by atoms with Crippen LogP contribution in [0.15, 0.2) is 10.6 Å². The van der Waals surface area contributed by atoms with Gasteiger partial charge in [0.1, 0.15) is 5.76 Å². The lowest BCUT2D eigenvalue weighted by Gasteiger charge is -2.08. The molecule has 0 saturated heterocycles. The Bertz CT molecular complexity index is 636. The minimum atomic E-state index is -0.271. The Morgan fingerprint density at radius 1 is 1.45 bits per heavy atom. The Morgan fingerprint density at radius 3 is 3.15 bits per heavy atom. The number of hydrogen-bond donors (Lipinski definition) is 1. The lowest BCUT2D eigenvalue weighted by Crippen LogP contribution is -2.12. The molecule has 1 N–H and O–H groups in total. The van der Waals surface area contributed by atoms with Gasteiger partial charge in [0.25, 0.3) is 5.91 Å². The molecule has 2 aromatic rings. The molecule has 0 bridgehead atoms. The van der Waals surface area contributed by atoms with Gasteiger partial charge in [0.2, 0.25) is 0 Å². The molecule has 1 saturated carbocycles. The number of ether oxygens (including phenoxy) is 1. The monoisotopic (exact) mass is 291 g/mol. The van der Waals surface area contributed by atoms with E-state index in [1.165, 1.54) is 11.3 Å². The quantitative estimate of drug-likeness (QED) is 0.939. The molecule has 2 aliphatic rings. The summed E-state index contributed by atoms with van der Waals surface area (Å²) in [4.78, 5) is 17.6. The predicted octanol–water partition coefficient (Wildman–Crippen LogP) is 2.33. The van der Waals surface area contributed by atoms with Crippen LogP contribution in [0, 0.1) is 0 Å². The van der Waals surface area contributed by atoms with E-state index in [1.54, 1.807) is 6.07 Å². The van der Waals surface area contributed by atoms with Gasteiger partial charge in [-0.3, -0.25) is 10.1 Å². The molecule has 0 unspecified atom stereocenters. The molecule has 4 rings (SSSR count). The van der Waals surface area contributed by atoms with E-state index in [0.717, 1.165) is 35.6 Å². The summed E-state index contributed by atoms with van der Waals surface area (Å²) in [6.45, 7) is 1.27. The fourth-order valence-corrected chi connectivity index (χ4v) is 3.14. The zero-order chi connectivity index (χ0) is 13.5. The first-order valence-electron chi connectivity index (χ1n) is 6.64. The summed E-state index contributed by atoms with van der Waals surface area (Å²) in [5.74, 6) is 0.989. The zero-order valence-corrected chi connectivity index (χ0v) is 11.5. The molecule has 104 valence electrons. The van der Waals surface area contributed by atoms with E-state index < -0.39 is 0 Å². The van der Waals surface area contributed by atoms with Crippen molar-refractivity contribution < 1.29 is 14.1 Å². The first-order valence-corrected chi connectivity index (χ1v) is 7.45. The van der Waals surface area contributed by atoms with Crippen molar-refractivity contribution in [2.24, 2.45) is 0 Å². The summed E-state index contributed by atoms with van der Waals surface area (Å²) < 4.78 is 10.5.